The van der Waals surface area contributed by atoms with Gasteiger partial charge in [-0.05, 0) is 44.6 Å². The fraction of sp³-hybridized carbons (Fsp3) is 1.00. The molecule has 0 spiro atoms. The van der Waals surface area contributed by atoms with Crippen LogP contribution in [0.4, 0.5) is 0 Å². The van der Waals surface area contributed by atoms with Crippen molar-refractivity contribution >= 4 is 0 Å². The second-order valence-corrected chi connectivity index (χ2v) is 5.52. The molecule has 1 saturated carbocycles. The Balaban J connectivity index is 1.58. The summed E-state index contributed by atoms with van der Waals surface area (Å²) in [5, 5.41) is 3.73. The van der Waals surface area contributed by atoms with E-state index in [-0.39, 0.29) is 0 Å². The number of ether oxygens (including phenoxy) is 1. The fourth-order valence-corrected chi connectivity index (χ4v) is 3.17. The van der Waals surface area contributed by atoms with Crippen LogP contribution in [0.25, 0.3) is 0 Å². The van der Waals surface area contributed by atoms with Crippen molar-refractivity contribution in [3.8, 4) is 0 Å². The molecule has 0 radical (unpaired) electrons. The van der Waals surface area contributed by atoms with Crippen molar-refractivity contribution in [1.29, 1.82) is 0 Å². The second kappa shape index (κ2) is 6.61. The zero-order chi connectivity index (χ0) is 11.2. The predicted octanol–water partition coefficient (Wildman–Crippen LogP) is 3.11. The first-order chi connectivity index (χ1) is 7.88. The maximum Gasteiger partial charge on any atom is 0.0588 e. The maximum absolute atomic E-state index is 5.64. The largest absolute Gasteiger partial charge is 0.378 e. The monoisotopic (exact) mass is 225 g/mol. The van der Waals surface area contributed by atoms with Crippen LogP contribution in [0.1, 0.15) is 58.3 Å². The van der Waals surface area contributed by atoms with Crippen molar-refractivity contribution in [2.75, 3.05) is 13.2 Å². The predicted molar refractivity (Wildman–Crippen MR) is 67.6 cm³/mol. The van der Waals surface area contributed by atoms with Gasteiger partial charge in [-0.25, -0.2) is 0 Å². The number of rotatable bonds is 5. The van der Waals surface area contributed by atoms with Crippen LogP contribution in [0.2, 0.25) is 0 Å². The van der Waals surface area contributed by atoms with E-state index in [1.165, 1.54) is 51.4 Å². The van der Waals surface area contributed by atoms with Crippen LogP contribution in [0.3, 0.4) is 0 Å². The van der Waals surface area contributed by atoms with E-state index in [1.807, 2.05) is 0 Å². The summed E-state index contributed by atoms with van der Waals surface area (Å²) >= 11 is 0. The van der Waals surface area contributed by atoms with Crippen LogP contribution < -0.4 is 5.32 Å². The molecule has 94 valence electrons. The molecule has 2 fully saturated rings. The van der Waals surface area contributed by atoms with Crippen LogP contribution in [0.15, 0.2) is 0 Å². The summed E-state index contributed by atoms with van der Waals surface area (Å²) in [5.74, 6) is 0.981. The molecule has 1 aliphatic carbocycles. The SMILES string of the molecule is CCC1CCCC(NCCC2CCCO2)C1. The van der Waals surface area contributed by atoms with Gasteiger partial charge >= 0.3 is 0 Å². The van der Waals surface area contributed by atoms with E-state index in [0.29, 0.717) is 6.10 Å². The smallest absolute Gasteiger partial charge is 0.0588 e. The summed E-state index contributed by atoms with van der Waals surface area (Å²) in [6.07, 6.45) is 11.4. The molecule has 16 heavy (non-hydrogen) atoms. The van der Waals surface area contributed by atoms with Gasteiger partial charge in [-0.15, -0.1) is 0 Å². The van der Waals surface area contributed by atoms with E-state index in [4.69, 9.17) is 4.74 Å². The minimum absolute atomic E-state index is 0.554. The van der Waals surface area contributed by atoms with Crippen LogP contribution >= 0.6 is 0 Å². The molecule has 0 bridgehead atoms. The summed E-state index contributed by atoms with van der Waals surface area (Å²) in [6, 6.07) is 0.792. The van der Waals surface area contributed by atoms with Gasteiger partial charge < -0.3 is 10.1 Å². The molecule has 2 nitrogen and oxygen atoms in total. The van der Waals surface area contributed by atoms with Gasteiger partial charge in [-0.2, -0.15) is 0 Å². The van der Waals surface area contributed by atoms with Gasteiger partial charge in [0.1, 0.15) is 0 Å². The Labute approximate surface area is 100 Å². The van der Waals surface area contributed by atoms with E-state index in [2.05, 4.69) is 12.2 Å². The van der Waals surface area contributed by atoms with Crippen LogP contribution in [0, 0.1) is 5.92 Å². The van der Waals surface area contributed by atoms with E-state index >= 15 is 0 Å². The first kappa shape index (κ1) is 12.4. The van der Waals surface area contributed by atoms with Crippen LogP contribution in [-0.4, -0.2) is 25.3 Å². The zero-order valence-electron chi connectivity index (χ0n) is 10.7. The lowest BCUT2D eigenvalue weighted by Crippen LogP contribution is -2.35. The molecule has 3 unspecified atom stereocenters. The number of hydrogen-bond donors (Lipinski definition) is 1. The van der Waals surface area contributed by atoms with Gasteiger partial charge in [0.05, 0.1) is 6.10 Å². The molecule has 2 heteroatoms. The molecule has 0 aromatic carbocycles. The maximum atomic E-state index is 5.64. The quantitative estimate of drug-likeness (QED) is 0.776. The topological polar surface area (TPSA) is 21.3 Å². The molecule has 2 rings (SSSR count). The zero-order valence-corrected chi connectivity index (χ0v) is 10.7. The molecule has 0 aromatic heterocycles. The Morgan fingerprint density at radius 3 is 2.88 bits per heavy atom. The van der Waals surface area contributed by atoms with E-state index in [9.17, 15) is 0 Å². The highest BCUT2D eigenvalue weighted by molar-refractivity contribution is 4.78. The third-order valence-electron chi connectivity index (χ3n) is 4.28. The highest BCUT2D eigenvalue weighted by atomic mass is 16.5. The van der Waals surface area contributed by atoms with Gasteiger partial charge in [0.15, 0.2) is 0 Å². The molecule has 1 N–H and O–H groups in total. The minimum Gasteiger partial charge on any atom is -0.378 e. The number of hydrogen-bond acceptors (Lipinski definition) is 2. The molecule has 1 aliphatic heterocycles. The molecule has 2 aliphatic rings. The summed E-state index contributed by atoms with van der Waals surface area (Å²) in [5.41, 5.74) is 0. The average molecular weight is 225 g/mol. The normalized spacial score (nSPS) is 35.4. The molecular formula is C14H27NO. The van der Waals surface area contributed by atoms with Gasteiger partial charge in [0.2, 0.25) is 0 Å². The Morgan fingerprint density at radius 2 is 2.12 bits per heavy atom. The molecule has 1 saturated heterocycles. The first-order valence-corrected chi connectivity index (χ1v) is 7.23. The molecule has 1 heterocycles. The summed E-state index contributed by atoms with van der Waals surface area (Å²) in [4.78, 5) is 0. The Hall–Kier alpha value is -0.0800. The summed E-state index contributed by atoms with van der Waals surface area (Å²) in [6.45, 7) is 4.48. The van der Waals surface area contributed by atoms with Gasteiger partial charge in [0.25, 0.3) is 0 Å². The van der Waals surface area contributed by atoms with Crippen molar-refractivity contribution < 1.29 is 4.74 Å². The standard InChI is InChI=1S/C14H27NO/c1-2-12-5-3-6-13(11-12)15-9-8-14-7-4-10-16-14/h12-15H,2-11H2,1H3. The van der Waals surface area contributed by atoms with Crippen molar-refractivity contribution in [3.63, 3.8) is 0 Å². The second-order valence-electron chi connectivity index (χ2n) is 5.52. The minimum atomic E-state index is 0.554. The third-order valence-corrected chi connectivity index (χ3v) is 4.28. The Bertz CT molecular complexity index is 189. The van der Waals surface area contributed by atoms with E-state index in [0.717, 1.165) is 25.1 Å². The molecule has 0 aromatic rings. The highest BCUT2D eigenvalue weighted by Crippen LogP contribution is 2.26. The molecule has 3 atom stereocenters. The Kier molecular flexibility index (Phi) is 5.11. The Morgan fingerprint density at radius 1 is 1.19 bits per heavy atom. The van der Waals surface area contributed by atoms with Crippen molar-refractivity contribution in [3.05, 3.63) is 0 Å². The molecular weight excluding hydrogens is 198 g/mol. The average Bonchev–Trinajstić information content (AvgIpc) is 2.82. The van der Waals surface area contributed by atoms with E-state index in [1.54, 1.807) is 0 Å². The lowest BCUT2D eigenvalue weighted by Gasteiger charge is -2.29. The number of nitrogens with one attached hydrogen (secondary N) is 1. The first-order valence-electron chi connectivity index (χ1n) is 7.23. The fourth-order valence-electron chi connectivity index (χ4n) is 3.17. The van der Waals surface area contributed by atoms with Crippen molar-refractivity contribution in [2.45, 2.75) is 70.4 Å². The summed E-state index contributed by atoms with van der Waals surface area (Å²) < 4.78 is 5.64. The van der Waals surface area contributed by atoms with Gasteiger partial charge in [0, 0.05) is 12.6 Å². The lowest BCUT2D eigenvalue weighted by molar-refractivity contribution is 0.102. The van der Waals surface area contributed by atoms with Crippen LogP contribution in [-0.2, 0) is 4.74 Å². The van der Waals surface area contributed by atoms with Crippen molar-refractivity contribution in [1.82, 2.24) is 5.32 Å². The van der Waals surface area contributed by atoms with E-state index < -0.39 is 0 Å². The highest BCUT2D eigenvalue weighted by Gasteiger charge is 2.21. The van der Waals surface area contributed by atoms with Gasteiger partial charge in [-0.3, -0.25) is 0 Å². The van der Waals surface area contributed by atoms with Crippen molar-refractivity contribution in [2.24, 2.45) is 5.92 Å². The lowest BCUT2D eigenvalue weighted by atomic mass is 9.84. The van der Waals surface area contributed by atoms with Crippen LogP contribution in [0.5, 0.6) is 0 Å². The molecule has 0 amide bonds. The van der Waals surface area contributed by atoms with Gasteiger partial charge in [-0.1, -0.05) is 26.2 Å². The third kappa shape index (κ3) is 3.74. The summed E-state index contributed by atoms with van der Waals surface area (Å²) in [7, 11) is 0.